The molecule has 4 nitrogen and oxygen atoms in total. The first-order valence-electron chi connectivity index (χ1n) is 5.56. The minimum Gasteiger partial charge on any atom is -0.336 e. The Hall–Kier alpha value is -2.02. The smallest absolute Gasteiger partial charge is 0.316 e. The summed E-state index contributed by atoms with van der Waals surface area (Å²) >= 11 is 0. The minimum absolute atomic E-state index is 0.0485. The third kappa shape index (κ3) is 4.15. The highest BCUT2D eigenvalue weighted by Gasteiger charge is 2.13. The second-order valence-corrected chi connectivity index (χ2v) is 4.25. The summed E-state index contributed by atoms with van der Waals surface area (Å²) in [6.07, 6.45) is 0. The maximum atomic E-state index is 11.5. The number of nitrogens with one attached hydrogen (secondary N) is 2. The molecule has 4 heteroatoms. The number of aryl methyl sites for hydroxylation is 1. The minimum atomic E-state index is -0.616. The lowest BCUT2D eigenvalue weighted by Gasteiger charge is -2.14. The second kappa shape index (κ2) is 5.90. The van der Waals surface area contributed by atoms with E-state index in [9.17, 15) is 4.79 Å². The fourth-order valence-corrected chi connectivity index (χ4v) is 1.38. The fourth-order valence-electron chi connectivity index (χ4n) is 1.38. The molecule has 0 spiro atoms. The zero-order valence-electron chi connectivity index (χ0n) is 10.3. The maximum Gasteiger partial charge on any atom is 0.316 e. The molecule has 1 aromatic rings. The Morgan fingerprint density at radius 2 is 1.82 bits per heavy atom. The van der Waals surface area contributed by atoms with Gasteiger partial charge in [0, 0.05) is 6.04 Å². The van der Waals surface area contributed by atoms with Crippen LogP contribution in [0.4, 0.5) is 4.79 Å². The molecule has 1 aromatic carbocycles. The molecular weight excluding hydrogens is 214 g/mol. The van der Waals surface area contributed by atoms with Crippen LogP contribution < -0.4 is 10.6 Å². The van der Waals surface area contributed by atoms with Crippen molar-refractivity contribution in [3.63, 3.8) is 0 Å². The number of carbonyl (C=O) groups excluding carboxylic acids is 1. The zero-order valence-corrected chi connectivity index (χ0v) is 10.3. The topological polar surface area (TPSA) is 64.9 Å². The summed E-state index contributed by atoms with van der Waals surface area (Å²) in [5, 5.41) is 14.3. The number of urea groups is 1. The van der Waals surface area contributed by atoms with E-state index in [2.05, 4.69) is 16.7 Å². The van der Waals surface area contributed by atoms with E-state index in [4.69, 9.17) is 5.26 Å². The lowest BCUT2D eigenvalue weighted by Crippen LogP contribution is -2.40. The van der Waals surface area contributed by atoms with Gasteiger partial charge in [-0.05, 0) is 26.3 Å². The molecule has 0 aliphatic heterocycles. The molecule has 1 atom stereocenters. The lowest BCUT2D eigenvalue weighted by molar-refractivity contribution is 0.237. The summed E-state index contributed by atoms with van der Waals surface area (Å²) in [6.45, 7) is 5.71. The first-order chi connectivity index (χ1) is 8.02. The van der Waals surface area contributed by atoms with Crippen LogP contribution in [0.3, 0.4) is 0 Å². The van der Waals surface area contributed by atoms with Gasteiger partial charge in [0.15, 0.2) is 0 Å². The molecule has 17 heavy (non-hydrogen) atoms. The van der Waals surface area contributed by atoms with Gasteiger partial charge in [-0.2, -0.15) is 5.26 Å². The van der Waals surface area contributed by atoms with E-state index in [1.54, 1.807) is 0 Å². The molecular formula is C13H17N3O. The van der Waals surface area contributed by atoms with Crippen LogP contribution in [0.2, 0.25) is 0 Å². The van der Waals surface area contributed by atoms with Gasteiger partial charge in [-0.15, -0.1) is 0 Å². The lowest BCUT2D eigenvalue weighted by atomic mass is 10.1. The highest BCUT2D eigenvalue weighted by molar-refractivity contribution is 5.75. The number of hydrogen-bond acceptors (Lipinski definition) is 2. The molecule has 0 saturated heterocycles. The van der Waals surface area contributed by atoms with Crippen molar-refractivity contribution < 1.29 is 4.79 Å². The molecule has 1 rings (SSSR count). The molecule has 0 aromatic heterocycles. The van der Waals surface area contributed by atoms with Crippen molar-refractivity contribution in [2.24, 2.45) is 0 Å². The van der Waals surface area contributed by atoms with E-state index in [0.29, 0.717) is 0 Å². The zero-order chi connectivity index (χ0) is 12.8. The largest absolute Gasteiger partial charge is 0.336 e. The summed E-state index contributed by atoms with van der Waals surface area (Å²) in [5.74, 6) is 0. The Morgan fingerprint density at radius 1 is 1.24 bits per heavy atom. The van der Waals surface area contributed by atoms with Crippen LogP contribution in [0.1, 0.15) is 31.0 Å². The van der Waals surface area contributed by atoms with Gasteiger partial charge < -0.3 is 10.6 Å². The number of hydrogen-bond donors (Lipinski definition) is 2. The van der Waals surface area contributed by atoms with Gasteiger partial charge in [0.2, 0.25) is 0 Å². The summed E-state index contributed by atoms with van der Waals surface area (Å²) in [5.41, 5.74) is 1.91. The normalized spacial score (nSPS) is 11.7. The van der Waals surface area contributed by atoms with Gasteiger partial charge in [-0.25, -0.2) is 4.79 Å². The van der Waals surface area contributed by atoms with E-state index >= 15 is 0 Å². The fraction of sp³-hybridized carbons (Fsp3) is 0.385. The first-order valence-corrected chi connectivity index (χ1v) is 5.56. The van der Waals surface area contributed by atoms with Crippen molar-refractivity contribution in [3.05, 3.63) is 35.4 Å². The Labute approximate surface area is 102 Å². The first kappa shape index (κ1) is 13.0. The summed E-state index contributed by atoms with van der Waals surface area (Å²) in [7, 11) is 0. The molecule has 2 N–H and O–H groups in total. The van der Waals surface area contributed by atoms with Gasteiger partial charge in [0.25, 0.3) is 0 Å². The number of rotatable bonds is 3. The van der Waals surface area contributed by atoms with E-state index in [0.717, 1.165) is 11.1 Å². The van der Waals surface area contributed by atoms with Gasteiger partial charge in [-0.3, -0.25) is 0 Å². The van der Waals surface area contributed by atoms with Crippen molar-refractivity contribution >= 4 is 6.03 Å². The molecule has 0 radical (unpaired) electrons. The predicted molar refractivity (Wildman–Crippen MR) is 66.3 cm³/mol. The maximum absolute atomic E-state index is 11.5. The van der Waals surface area contributed by atoms with Crippen LogP contribution in [-0.4, -0.2) is 12.1 Å². The summed E-state index contributed by atoms with van der Waals surface area (Å²) in [4.78, 5) is 11.5. The third-order valence-corrected chi connectivity index (χ3v) is 2.23. The van der Waals surface area contributed by atoms with Crippen molar-refractivity contribution in [1.82, 2.24) is 10.6 Å². The highest BCUT2D eigenvalue weighted by Crippen LogP contribution is 2.12. The highest BCUT2D eigenvalue weighted by atomic mass is 16.2. The molecule has 0 aliphatic rings. The molecule has 0 bridgehead atoms. The second-order valence-electron chi connectivity index (χ2n) is 4.25. The van der Waals surface area contributed by atoms with Gasteiger partial charge in [0.1, 0.15) is 6.04 Å². The standard InChI is InChI=1S/C13H17N3O/c1-9(2)15-13(17)16-12(8-14)11-6-4-10(3)5-7-11/h4-7,9,12H,1-3H3,(H2,15,16,17). The molecule has 2 amide bonds. The predicted octanol–water partition coefficient (Wildman–Crippen LogP) is 2.27. The number of benzene rings is 1. The van der Waals surface area contributed by atoms with Crippen molar-refractivity contribution in [1.29, 1.82) is 5.26 Å². The average molecular weight is 231 g/mol. The van der Waals surface area contributed by atoms with Crippen LogP contribution in [0.25, 0.3) is 0 Å². The molecule has 1 unspecified atom stereocenters. The van der Waals surface area contributed by atoms with Gasteiger partial charge in [0.05, 0.1) is 6.07 Å². The van der Waals surface area contributed by atoms with Crippen LogP contribution >= 0.6 is 0 Å². The average Bonchev–Trinajstić information content (AvgIpc) is 2.26. The molecule has 0 fully saturated rings. The van der Waals surface area contributed by atoms with Crippen molar-refractivity contribution in [2.75, 3.05) is 0 Å². The quantitative estimate of drug-likeness (QED) is 0.838. The van der Waals surface area contributed by atoms with Crippen molar-refractivity contribution in [2.45, 2.75) is 32.9 Å². The van der Waals surface area contributed by atoms with Crippen LogP contribution in [0, 0.1) is 18.3 Å². The summed E-state index contributed by atoms with van der Waals surface area (Å²) < 4.78 is 0. The van der Waals surface area contributed by atoms with E-state index in [1.165, 1.54) is 0 Å². The van der Waals surface area contributed by atoms with Crippen molar-refractivity contribution in [3.8, 4) is 6.07 Å². The monoisotopic (exact) mass is 231 g/mol. The van der Waals surface area contributed by atoms with Crippen LogP contribution in [0.5, 0.6) is 0 Å². The Bertz CT molecular complexity index is 417. The Kier molecular flexibility index (Phi) is 4.53. The number of carbonyl (C=O) groups is 1. The summed E-state index contributed by atoms with van der Waals surface area (Å²) in [6, 6.07) is 8.70. The van der Waals surface area contributed by atoms with Crippen LogP contribution in [0.15, 0.2) is 24.3 Å². The molecule has 0 heterocycles. The van der Waals surface area contributed by atoms with E-state index < -0.39 is 6.04 Å². The third-order valence-electron chi connectivity index (χ3n) is 2.23. The Balaban J connectivity index is 2.70. The van der Waals surface area contributed by atoms with Gasteiger partial charge >= 0.3 is 6.03 Å². The number of nitriles is 1. The molecule has 90 valence electrons. The molecule has 0 aliphatic carbocycles. The van der Waals surface area contributed by atoms with E-state index in [1.807, 2.05) is 45.0 Å². The van der Waals surface area contributed by atoms with E-state index in [-0.39, 0.29) is 12.1 Å². The van der Waals surface area contributed by atoms with Gasteiger partial charge in [-0.1, -0.05) is 29.8 Å². The SMILES string of the molecule is Cc1ccc(C(C#N)NC(=O)NC(C)C)cc1. The number of nitrogens with zero attached hydrogens (tertiary/aromatic N) is 1. The molecule has 0 saturated carbocycles. The number of amides is 2. The van der Waals surface area contributed by atoms with Crippen LogP contribution in [-0.2, 0) is 0 Å². The Morgan fingerprint density at radius 3 is 2.29 bits per heavy atom.